The van der Waals surface area contributed by atoms with Gasteiger partial charge in [0, 0.05) is 11.8 Å². The first-order valence-corrected chi connectivity index (χ1v) is 10.5. The van der Waals surface area contributed by atoms with Crippen molar-refractivity contribution in [1.82, 2.24) is 0 Å². The lowest BCUT2D eigenvalue weighted by Crippen LogP contribution is -2.57. The van der Waals surface area contributed by atoms with Crippen LogP contribution < -0.4 is 0 Å². The van der Waals surface area contributed by atoms with E-state index in [0.29, 0.717) is 6.42 Å². The molecule has 7 nitrogen and oxygen atoms in total. The number of hydrogen-bond acceptors (Lipinski definition) is 7. The summed E-state index contributed by atoms with van der Waals surface area (Å²) in [7, 11) is 0. The van der Waals surface area contributed by atoms with Crippen molar-refractivity contribution in [2.24, 2.45) is 29.6 Å². The van der Waals surface area contributed by atoms with Gasteiger partial charge in [0.25, 0.3) is 0 Å². The Balaban J connectivity index is 1.31. The molecule has 34 heavy (non-hydrogen) atoms. The molecule has 0 aromatic heterocycles. The molecule has 0 aromatic rings. The van der Waals surface area contributed by atoms with Crippen LogP contribution in [0.1, 0.15) is 12.8 Å². The van der Waals surface area contributed by atoms with Crippen LogP contribution in [-0.2, 0) is 33.3 Å². The molecule has 2 saturated carbocycles. The Morgan fingerprint density at radius 3 is 2.21 bits per heavy atom. The van der Waals surface area contributed by atoms with Gasteiger partial charge < -0.3 is 18.9 Å². The average molecular weight is 502 g/mol. The Morgan fingerprint density at radius 2 is 1.65 bits per heavy atom. The fourth-order valence-corrected chi connectivity index (χ4v) is 5.79. The van der Waals surface area contributed by atoms with Crippen molar-refractivity contribution >= 4 is 17.9 Å². The minimum atomic E-state index is -6.40. The molecule has 2 aliphatic carbocycles. The first-order chi connectivity index (χ1) is 15.7. The molecule has 0 radical (unpaired) electrons. The van der Waals surface area contributed by atoms with Gasteiger partial charge in [-0.05, 0) is 12.8 Å². The van der Waals surface area contributed by atoms with Crippen LogP contribution in [0.5, 0.6) is 0 Å². The summed E-state index contributed by atoms with van der Waals surface area (Å²) in [5.41, 5.74) is -5.78. The van der Waals surface area contributed by atoms with Crippen molar-refractivity contribution in [2.45, 2.75) is 55.3 Å². The molecule has 0 aromatic carbocycles. The molecule has 5 rings (SSSR count). The SMILES string of the molecule is O=C(OC1C2CC3C1OC(=O)C3C2C(=O)OCC(F)(C(F)(F)F)C(F)(F)F)C1CC2C=CC1O2. The van der Waals surface area contributed by atoms with Crippen LogP contribution in [0.25, 0.3) is 0 Å². The van der Waals surface area contributed by atoms with Gasteiger partial charge >= 0.3 is 35.9 Å². The van der Waals surface area contributed by atoms with Gasteiger partial charge in [0.1, 0.15) is 18.8 Å². The zero-order chi connectivity index (χ0) is 24.8. The summed E-state index contributed by atoms with van der Waals surface area (Å²) in [5, 5.41) is 0. The van der Waals surface area contributed by atoms with Crippen LogP contribution in [0, 0.1) is 29.6 Å². The average Bonchev–Trinajstić information content (AvgIpc) is 3.52. The van der Waals surface area contributed by atoms with Crippen LogP contribution in [0.15, 0.2) is 12.2 Å². The highest BCUT2D eigenvalue weighted by Crippen LogP contribution is 2.59. The molecule has 188 valence electrons. The van der Waals surface area contributed by atoms with Crippen LogP contribution in [-0.4, -0.2) is 67.0 Å². The predicted molar refractivity (Wildman–Crippen MR) is 91.2 cm³/mol. The van der Waals surface area contributed by atoms with Crippen LogP contribution >= 0.6 is 0 Å². The fourth-order valence-electron chi connectivity index (χ4n) is 5.79. The van der Waals surface area contributed by atoms with Crippen LogP contribution in [0.4, 0.5) is 30.7 Å². The molecular formula is C20H17F7O7. The van der Waals surface area contributed by atoms with E-state index in [1.165, 1.54) is 0 Å². The maximum Gasteiger partial charge on any atom is 0.435 e. The Kier molecular flexibility index (Phi) is 5.02. The van der Waals surface area contributed by atoms with Crippen molar-refractivity contribution < 1.29 is 64.1 Å². The van der Waals surface area contributed by atoms with Gasteiger partial charge in [-0.3, -0.25) is 14.4 Å². The summed E-state index contributed by atoms with van der Waals surface area (Å²) in [6.45, 7) is -2.66. The highest BCUT2D eigenvalue weighted by molar-refractivity contribution is 5.86. The standard InChI is InChI=1S/C20H17F7O7/c21-18(19(22,23)24,20(25,26)27)5-31-16(29)11-8-4-9-12(11)17(30)34-14(9)13(8)33-15(28)7-3-6-1-2-10(7)32-6/h1-2,6-14H,3-5H2. The van der Waals surface area contributed by atoms with E-state index in [1.807, 2.05) is 0 Å². The minimum Gasteiger partial charge on any atom is -0.461 e. The van der Waals surface area contributed by atoms with Gasteiger partial charge in [0.15, 0.2) is 0 Å². The van der Waals surface area contributed by atoms with E-state index < -0.39 is 90.4 Å². The van der Waals surface area contributed by atoms with Crippen molar-refractivity contribution in [2.75, 3.05) is 6.61 Å². The molecule has 5 aliphatic rings. The quantitative estimate of drug-likeness (QED) is 0.247. The molecular weight excluding hydrogens is 485 g/mol. The first kappa shape index (κ1) is 23.4. The number of carbonyl (C=O) groups excluding carboxylic acids is 3. The third-order valence-electron chi connectivity index (χ3n) is 7.42. The van der Waals surface area contributed by atoms with Gasteiger partial charge in [-0.1, -0.05) is 12.2 Å². The molecule has 3 aliphatic heterocycles. The molecule has 9 atom stereocenters. The molecule has 3 heterocycles. The number of fused-ring (bicyclic) bond motifs is 3. The lowest BCUT2D eigenvalue weighted by molar-refractivity contribution is -0.349. The highest BCUT2D eigenvalue weighted by Gasteiger charge is 2.74. The predicted octanol–water partition coefficient (Wildman–Crippen LogP) is 2.43. The second kappa shape index (κ2) is 7.31. The van der Waals surface area contributed by atoms with E-state index in [2.05, 4.69) is 4.74 Å². The Hall–Kier alpha value is -2.38. The Bertz CT molecular complexity index is 931. The van der Waals surface area contributed by atoms with E-state index in [4.69, 9.17) is 14.2 Å². The van der Waals surface area contributed by atoms with Gasteiger partial charge in [-0.25, -0.2) is 4.39 Å². The first-order valence-electron chi connectivity index (χ1n) is 10.5. The van der Waals surface area contributed by atoms with Crippen LogP contribution in [0.2, 0.25) is 0 Å². The number of esters is 3. The van der Waals surface area contributed by atoms with Gasteiger partial charge in [0.2, 0.25) is 0 Å². The third-order valence-corrected chi connectivity index (χ3v) is 7.42. The zero-order valence-electron chi connectivity index (χ0n) is 17.0. The van der Waals surface area contributed by atoms with Gasteiger partial charge in [-0.15, -0.1) is 0 Å². The summed E-state index contributed by atoms with van der Waals surface area (Å²) in [5.74, 6) is -8.13. The summed E-state index contributed by atoms with van der Waals surface area (Å²) in [6.07, 6.45) is -11.6. The van der Waals surface area contributed by atoms with E-state index in [0.717, 1.165) is 0 Å². The Morgan fingerprint density at radius 1 is 0.971 bits per heavy atom. The lowest BCUT2D eigenvalue weighted by atomic mass is 9.78. The zero-order valence-corrected chi connectivity index (χ0v) is 17.0. The number of halogens is 7. The smallest absolute Gasteiger partial charge is 0.435 e. The molecule has 14 heteroatoms. The molecule has 9 unspecified atom stereocenters. The van der Waals surface area contributed by atoms with Crippen molar-refractivity contribution in [3.8, 4) is 0 Å². The van der Waals surface area contributed by atoms with Crippen LogP contribution in [0.3, 0.4) is 0 Å². The van der Waals surface area contributed by atoms with E-state index in [9.17, 15) is 45.1 Å². The number of carbonyl (C=O) groups is 3. The summed E-state index contributed by atoms with van der Waals surface area (Å²) < 4.78 is 111. The molecule has 2 saturated heterocycles. The number of rotatable bonds is 5. The number of ether oxygens (including phenoxy) is 4. The van der Waals surface area contributed by atoms with Gasteiger partial charge in [0.05, 0.1) is 30.0 Å². The monoisotopic (exact) mass is 502 g/mol. The summed E-state index contributed by atoms with van der Waals surface area (Å²) >= 11 is 0. The molecule has 0 amide bonds. The lowest BCUT2D eigenvalue weighted by Gasteiger charge is -2.33. The maximum absolute atomic E-state index is 13.9. The van der Waals surface area contributed by atoms with Crippen molar-refractivity contribution in [1.29, 1.82) is 0 Å². The largest absolute Gasteiger partial charge is 0.461 e. The fraction of sp³-hybridized carbons (Fsp3) is 0.750. The molecule has 0 spiro atoms. The summed E-state index contributed by atoms with van der Waals surface area (Å²) in [6, 6.07) is 0. The third kappa shape index (κ3) is 3.23. The highest BCUT2D eigenvalue weighted by atomic mass is 19.4. The second-order valence-corrected chi connectivity index (χ2v) is 9.19. The summed E-state index contributed by atoms with van der Waals surface area (Å²) in [4.78, 5) is 37.5. The Labute approximate surface area is 186 Å². The van der Waals surface area contributed by atoms with Crippen molar-refractivity contribution in [3.63, 3.8) is 0 Å². The number of hydrogen-bond donors (Lipinski definition) is 0. The molecule has 4 fully saturated rings. The number of alkyl halides is 7. The van der Waals surface area contributed by atoms with E-state index >= 15 is 0 Å². The van der Waals surface area contributed by atoms with E-state index in [1.54, 1.807) is 12.2 Å². The van der Waals surface area contributed by atoms with E-state index in [-0.39, 0.29) is 12.5 Å². The second-order valence-electron chi connectivity index (χ2n) is 9.19. The topological polar surface area (TPSA) is 88.1 Å². The maximum atomic E-state index is 13.9. The van der Waals surface area contributed by atoms with Crippen molar-refractivity contribution in [3.05, 3.63) is 12.2 Å². The minimum absolute atomic E-state index is 0.102. The molecule has 4 bridgehead atoms. The normalized spacial score (nSPS) is 40.1. The van der Waals surface area contributed by atoms with Gasteiger partial charge in [-0.2, -0.15) is 26.3 Å². The molecule has 0 N–H and O–H groups in total.